The average Bonchev–Trinajstić information content (AvgIpc) is 3.02. The number of rotatable bonds is 4. The second-order valence-corrected chi connectivity index (χ2v) is 6.94. The standard InChI is InChI=1S/C17H21FN4O2S/c1-4-14-16(25-21-20-14)17(23)19-12-5-6-15(13(18)7-12)22-8-10(2)24-11(3)9-22/h5-7,10-11H,4,8-9H2,1-3H3,(H,19,23)/t10-,11-/m0/s1. The Bertz CT molecular complexity index is 757. The summed E-state index contributed by atoms with van der Waals surface area (Å²) in [4.78, 5) is 14.7. The molecule has 2 aromatic rings. The first-order chi connectivity index (χ1) is 12.0. The number of aryl methyl sites for hydroxylation is 1. The number of ether oxygens (including phenoxy) is 1. The largest absolute Gasteiger partial charge is 0.372 e. The number of carbonyl (C=O) groups is 1. The Labute approximate surface area is 150 Å². The van der Waals surface area contributed by atoms with Crippen molar-refractivity contribution in [2.24, 2.45) is 0 Å². The maximum atomic E-state index is 14.6. The highest BCUT2D eigenvalue weighted by Gasteiger charge is 2.24. The Morgan fingerprint density at radius 3 is 2.76 bits per heavy atom. The van der Waals surface area contributed by atoms with Gasteiger partial charge in [0.25, 0.3) is 5.91 Å². The Hall–Kier alpha value is -2.06. The normalized spacial score (nSPS) is 20.6. The minimum Gasteiger partial charge on any atom is -0.372 e. The molecule has 8 heteroatoms. The van der Waals surface area contributed by atoms with Crippen molar-refractivity contribution in [2.45, 2.75) is 39.4 Å². The number of hydrogen-bond acceptors (Lipinski definition) is 6. The first kappa shape index (κ1) is 17.8. The number of amides is 1. The van der Waals surface area contributed by atoms with E-state index in [1.54, 1.807) is 12.1 Å². The lowest BCUT2D eigenvalue weighted by molar-refractivity contribution is -0.00539. The van der Waals surface area contributed by atoms with Crippen LogP contribution in [0.4, 0.5) is 15.8 Å². The number of aromatic nitrogens is 2. The Kier molecular flexibility index (Phi) is 5.29. The van der Waals surface area contributed by atoms with Gasteiger partial charge in [-0.3, -0.25) is 4.79 Å². The van der Waals surface area contributed by atoms with E-state index in [-0.39, 0.29) is 23.9 Å². The van der Waals surface area contributed by atoms with Crippen LogP contribution >= 0.6 is 11.5 Å². The van der Waals surface area contributed by atoms with Crippen LogP contribution in [0.15, 0.2) is 18.2 Å². The molecule has 134 valence electrons. The van der Waals surface area contributed by atoms with Crippen molar-refractivity contribution in [3.8, 4) is 0 Å². The SMILES string of the molecule is CCc1nnsc1C(=O)Nc1ccc(N2C[C@H](C)O[C@@H](C)C2)c(F)c1. The topological polar surface area (TPSA) is 67.4 Å². The second-order valence-electron chi connectivity index (χ2n) is 6.18. The number of morpholine rings is 1. The molecule has 1 aliphatic rings. The molecule has 1 amide bonds. The zero-order valence-corrected chi connectivity index (χ0v) is 15.3. The highest BCUT2D eigenvalue weighted by atomic mass is 32.1. The fraction of sp³-hybridized carbons (Fsp3) is 0.471. The molecule has 2 heterocycles. The third-order valence-corrected chi connectivity index (χ3v) is 4.83. The van der Waals surface area contributed by atoms with E-state index in [9.17, 15) is 9.18 Å². The molecule has 1 N–H and O–H groups in total. The van der Waals surface area contributed by atoms with E-state index in [1.807, 2.05) is 25.7 Å². The van der Waals surface area contributed by atoms with Gasteiger partial charge < -0.3 is 15.0 Å². The number of nitrogens with zero attached hydrogens (tertiary/aromatic N) is 3. The fourth-order valence-electron chi connectivity index (χ4n) is 3.02. The van der Waals surface area contributed by atoms with E-state index >= 15 is 0 Å². The summed E-state index contributed by atoms with van der Waals surface area (Å²) in [5.41, 5.74) is 1.58. The van der Waals surface area contributed by atoms with Crippen LogP contribution < -0.4 is 10.2 Å². The van der Waals surface area contributed by atoms with Gasteiger partial charge >= 0.3 is 0 Å². The van der Waals surface area contributed by atoms with Gasteiger partial charge in [0, 0.05) is 18.8 Å². The quantitative estimate of drug-likeness (QED) is 0.903. The summed E-state index contributed by atoms with van der Waals surface area (Å²) in [6.07, 6.45) is 0.725. The monoisotopic (exact) mass is 364 g/mol. The number of benzene rings is 1. The molecule has 3 rings (SSSR count). The van der Waals surface area contributed by atoms with Crippen LogP contribution in [0, 0.1) is 5.82 Å². The zero-order chi connectivity index (χ0) is 18.0. The number of carbonyl (C=O) groups excluding carboxylic acids is 1. The molecule has 0 radical (unpaired) electrons. The lowest BCUT2D eigenvalue weighted by atomic mass is 10.1. The molecule has 6 nitrogen and oxygen atoms in total. The highest BCUT2D eigenvalue weighted by Crippen LogP contribution is 2.26. The van der Waals surface area contributed by atoms with Crippen LogP contribution in [0.25, 0.3) is 0 Å². The van der Waals surface area contributed by atoms with Gasteiger partial charge in [-0.25, -0.2) is 4.39 Å². The van der Waals surface area contributed by atoms with Crippen molar-refractivity contribution < 1.29 is 13.9 Å². The Morgan fingerprint density at radius 2 is 2.12 bits per heavy atom. The van der Waals surface area contributed by atoms with Crippen LogP contribution in [-0.4, -0.2) is 40.8 Å². The molecule has 0 aliphatic carbocycles. The zero-order valence-electron chi connectivity index (χ0n) is 14.5. The summed E-state index contributed by atoms with van der Waals surface area (Å²) in [6.45, 7) is 7.14. The second kappa shape index (κ2) is 7.45. The number of nitrogens with one attached hydrogen (secondary N) is 1. The molecule has 2 atom stereocenters. The Morgan fingerprint density at radius 1 is 1.40 bits per heavy atom. The van der Waals surface area contributed by atoms with Crippen LogP contribution in [0.5, 0.6) is 0 Å². The summed E-state index contributed by atoms with van der Waals surface area (Å²) >= 11 is 1.04. The number of anilines is 2. The molecule has 1 fully saturated rings. The fourth-order valence-corrected chi connectivity index (χ4v) is 3.66. The van der Waals surface area contributed by atoms with Crippen LogP contribution in [-0.2, 0) is 11.2 Å². The molecule has 1 aliphatic heterocycles. The van der Waals surface area contributed by atoms with Gasteiger partial charge in [-0.05, 0) is 50.0 Å². The van der Waals surface area contributed by atoms with Crippen LogP contribution in [0.2, 0.25) is 0 Å². The van der Waals surface area contributed by atoms with Crippen molar-refractivity contribution in [1.82, 2.24) is 9.59 Å². The van der Waals surface area contributed by atoms with Gasteiger partial charge in [0.1, 0.15) is 10.7 Å². The van der Waals surface area contributed by atoms with Crippen molar-refractivity contribution in [1.29, 1.82) is 0 Å². The molecule has 0 bridgehead atoms. The Balaban J connectivity index is 1.75. The highest BCUT2D eigenvalue weighted by molar-refractivity contribution is 7.08. The van der Waals surface area contributed by atoms with Gasteiger partial charge in [0.2, 0.25) is 0 Å². The van der Waals surface area contributed by atoms with E-state index < -0.39 is 0 Å². The molecular weight excluding hydrogens is 343 g/mol. The summed E-state index contributed by atoms with van der Waals surface area (Å²) < 4.78 is 24.1. The maximum Gasteiger partial charge on any atom is 0.269 e. The van der Waals surface area contributed by atoms with Gasteiger partial charge in [0.15, 0.2) is 0 Å². The molecule has 1 saturated heterocycles. The first-order valence-electron chi connectivity index (χ1n) is 8.30. The van der Waals surface area contributed by atoms with Crippen molar-refractivity contribution in [3.63, 3.8) is 0 Å². The number of hydrogen-bond donors (Lipinski definition) is 1. The van der Waals surface area contributed by atoms with E-state index in [4.69, 9.17) is 4.74 Å². The molecule has 0 spiro atoms. The molecule has 1 aromatic heterocycles. The van der Waals surface area contributed by atoms with Gasteiger partial charge in [-0.2, -0.15) is 0 Å². The molecular formula is C17H21FN4O2S. The van der Waals surface area contributed by atoms with Crippen molar-refractivity contribution >= 4 is 28.8 Å². The predicted octanol–water partition coefficient (Wildman–Crippen LogP) is 3.11. The van der Waals surface area contributed by atoms with E-state index in [0.29, 0.717) is 41.5 Å². The third kappa shape index (κ3) is 3.96. The van der Waals surface area contributed by atoms with Crippen LogP contribution in [0.1, 0.15) is 36.1 Å². The summed E-state index contributed by atoms with van der Waals surface area (Å²) in [6, 6.07) is 4.75. The van der Waals surface area contributed by atoms with Gasteiger partial charge in [-0.1, -0.05) is 11.4 Å². The van der Waals surface area contributed by atoms with E-state index in [1.165, 1.54) is 6.07 Å². The lowest BCUT2D eigenvalue weighted by Gasteiger charge is -2.37. The minimum atomic E-state index is -0.364. The number of halogens is 1. The average molecular weight is 364 g/mol. The predicted molar refractivity (Wildman–Crippen MR) is 95.9 cm³/mol. The van der Waals surface area contributed by atoms with E-state index in [0.717, 1.165) is 11.5 Å². The molecule has 0 unspecified atom stereocenters. The molecule has 25 heavy (non-hydrogen) atoms. The summed E-state index contributed by atoms with van der Waals surface area (Å²) in [5, 5.41) is 6.64. The molecule has 1 aromatic carbocycles. The maximum absolute atomic E-state index is 14.6. The van der Waals surface area contributed by atoms with E-state index in [2.05, 4.69) is 14.9 Å². The first-order valence-corrected chi connectivity index (χ1v) is 9.07. The summed E-state index contributed by atoms with van der Waals surface area (Å²) in [5.74, 6) is -0.676. The van der Waals surface area contributed by atoms with Crippen molar-refractivity contribution in [2.75, 3.05) is 23.3 Å². The lowest BCUT2D eigenvalue weighted by Crippen LogP contribution is -2.45. The smallest absolute Gasteiger partial charge is 0.269 e. The minimum absolute atomic E-state index is 0.0498. The van der Waals surface area contributed by atoms with Crippen LogP contribution in [0.3, 0.4) is 0 Å². The molecule has 0 saturated carbocycles. The third-order valence-electron chi connectivity index (χ3n) is 4.06. The van der Waals surface area contributed by atoms with Crippen molar-refractivity contribution in [3.05, 3.63) is 34.6 Å². The van der Waals surface area contributed by atoms with Gasteiger partial charge in [0.05, 0.1) is 23.6 Å². The van der Waals surface area contributed by atoms with Gasteiger partial charge in [-0.15, -0.1) is 5.10 Å². The summed E-state index contributed by atoms with van der Waals surface area (Å²) in [7, 11) is 0.